The number of nitrogens with one attached hydrogen (secondary N) is 2. The molecule has 3 fully saturated rings. The third kappa shape index (κ3) is 5.79. The third-order valence-corrected chi connectivity index (χ3v) is 8.00. The van der Waals surface area contributed by atoms with Crippen molar-refractivity contribution in [1.29, 1.82) is 0 Å². The molecule has 2 aliphatic heterocycles. The number of benzene rings is 1. The summed E-state index contributed by atoms with van der Waals surface area (Å²) in [6.45, 7) is 5.58. The van der Waals surface area contributed by atoms with Gasteiger partial charge in [0.05, 0.1) is 6.04 Å². The van der Waals surface area contributed by atoms with Crippen LogP contribution in [0.2, 0.25) is 0 Å². The van der Waals surface area contributed by atoms with E-state index in [4.69, 9.17) is 4.99 Å². The minimum absolute atomic E-state index is 0.205. The van der Waals surface area contributed by atoms with Gasteiger partial charge in [0.15, 0.2) is 0 Å². The summed E-state index contributed by atoms with van der Waals surface area (Å²) in [6, 6.07) is 10.6. The normalized spacial score (nSPS) is 21.5. The van der Waals surface area contributed by atoms with E-state index in [2.05, 4.69) is 39.6 Å². The zero-order chi connectivity index (χ0) is 25.7. The second-order valence-corrected chi connectivity index (χ2v) is 10.7. The third-order valence-electron chi connectivity index (χ3n) is 8.00. The first kappa shape index (κ1) is 25.6. The summed E-state index contributed by atoms with van der Waals surface area (Å²) in [7, 11) is 0. The minimum Gasteiger partial charge on any atom is -0.370 e. The van der Waals surface area contributed by atoms with Crippen LogP contribution >= 0.6 is 0 Å². The summed E-state index contributed by atoms with van der Waals surface area (Å²) in [5.74, 6) is 1.35. The van der Waals surface area contributed by atoms with Crippen LogP contribution in [-0.2, 0) is 6.54 Å². The van der Waals surface area contributed by atoms with Crippen molar-refractivity contribution in [1.82, 2.24) is 15.2 Å². The van der Waals surface area contributed by atoms with E-state index in [9.17, 15) is 9.18 Å². The van der Waals surface area contributed by atoms with Gasteiger partial charge in [-0.15, -0.1) is 0 Å². The number of rotatable bonds is 8. The summed E-state index contributed by atoms with van der Waals surface area (Å²) in [4.78, 5) is 27.2. The number of urea groups is 1. The Balaban J connectivity index is 1.32. The molecule has 1 aromatic carbocycles. The van der Waals surface area contributed by atoms with Crippen LogP contribution in [0.25, 0.3) is 0 Å². The number of hydrogen-bond donors (Lipinski definition) is 2. The first-order valence-electron chi connectivity index (χ1n) is 13.9. The second kappa shape index (κ2) is 11.6. The molecule has 3 heterocycles. The molecule has 2 aromatic rings. The Morgan fingerprint density at radius 3 is 2.68 bits per heavy atom. The molecule has 1 aliphatic carbocycles. The Labute approximate surface area is 219 Å². The number of nitrogens with zero attached hydrogens (tertiary/aromatic N) is 4. The minimum atomic E-state index is -0.565. The van der Waals surface area contributed by atoms with Crippen molar-refractivity contribution in [2.45, 2.75) is 82.8 Å². The number of aromatic nitrogens is 1. The second-order valence-electron chi connectivity index (χ2n) is 10.7. The maximum absolute atomic E-state index is 14.2. The van der Waals surface area contributed by atoms with Gasteiger partial charge in [0.25, 0.3) is 0 Å². The predicted molar refractivity (Wildman–Crippen MR) is 147 cm³/mol. The van der Waals surface area contributed by atoms with Gasteiger partial charge >= 0.3 is 6.03 Å². The Kier molecular flexibility index (Phi) is 8.03. The molecule has 1 spiro atoms. The highest BCUT2D eigenvalue weighted by atomic mass is 19.1. The van der Waals surface area contributed by atoms with Gasteiger partial charge in [-0.1, -0.05) is 44.7 Å². The largest absolute Gasteiger partial charge is 0.370 e. The van der Waals surface area contributed by atoms with Gasteiger partial charge in [0.2, 0.25) is 0 Å². The van der Waals surface area contributed by atoms with Gasteiger partial charge in [-0.05, 0) is 61.9 Å². The number of carbonyl (C=O) groups is 1. The number of aliphatic imine (C=N–C) groups is 1. The SMILES string of the molecule is CCCCNc1ccc(CN2CCC3(CC2)C(=NC2CCCCC2)NC(=O)N3c2cccc(F)c2)cn1. The molecule has 37 heavy (non-hydrogen) atoms. The Bertz CT molecular complexity index is 1090. The van der Waals surface area contributed by atoms with Gasteiger partial charge in [-0.2, -0.15) is 0 Å². The van der Waals surface area contributed by atoms with E-state index in [0.29, 0.717) is 5.69 Å². The van der Waals surface area contributed by atoms with Gasteiger partial charge in [0, 0.05) is 38.1 Å². The molecule has 8 heteroatoms. The molecule has 0 radical (unpaired) electrons. The Morgan fingerprint density at radius 2 is 1.97 bits per heavy atom. The molecule has 1 aromatic heterocycles. The number of likely N-dealkylation sites (tertiary alicyclic amines) is 1. The summed E-state index contributed by atoms with van der Waals surface area (Å²) in [6.07, 6.45) is 11.5. The first-order valence-corrected chi connectivity index (χ1v) is 13.9. The zero-order valence-corrected chi connectivity index (χ0v) is 21.9. The fourth-order valence-corrected chi connectivity index (χ4v) is 5.91. The van der Waals surface area contributed by atoms with Crippen LogP contribution in [0.5, 0.6) is 0 Å². The van der Waals surface area contributed by atoms with Gasteiger partial charge in [0.1, 0.15) is 23.0 Å². The Morgan fingerprint density at radius 1 is 1.16 bits per heavy atom. The number of hydrogen-bond acceptors (Lipinski definition) is 5. The lowest BCUT2D eigenvalue weighted by molar-refractivity contribution is 0.184. The van der Waals surface area contributed by atoms with E-state index in [1.165, 1.54) is 37.0 Å². The number of carbonyl (C=O) groups excluding carboxylic acids is 1. The molecular formula is C29H39FN6O. The molecule has 0 bridgehead atoms. The quantitative estimate of drug-likeness (QED) is 0.449. The smallest absolute Gasteiger partial charge is 0.328 e. The molecule has 2 saturated heterocycles. The fraction of sp³-hybridized carbons (Fsp3) is 0.552. The van der Waals surface area contributed by atoms with Gasteiger partial charge in [-0.25, -0.2) is 14.2 Å². The number of anilines is 2. The molecule has 2 amide bonds. The van der Waals surface area contributed by atoms with Crippen molar-refractivity contribution in [3.63, 3.8) is 0 Å². The molecule has 0 atom stereocenters. The van der Waals surface area contributed by atoms with Crippen molar-refractivity contribution < 1.29 is 9.18 Å². The summed E-state index contributed by atoms with van der Waals surface area (Å²) in [5.41, 5.74) is 1.20. The van der Waals surface area contributed by atoms with Gasteiger partial charge in [-0.3, -0.25) is 20.1 Å². The van der Waals surface area contributed by atoms with Crippen LogP contribution in [0, 0.1) is 5.82 Å². The van der Waals surface area contributed by atoms with Gasteiger partial charge < -0.3 is 5.32 Å². The van der Waals surface area contributed by atoms with E-state index in [-0.39, 0.29) is 17.9 Å². The van der Waals surface area contributed by atoms with E-state index in [0.717, 1.165) is 76.4 Å². The highest BCUT2D eigenvalue weighted by Crippen LogP contribution is 2.39. The van der Waals surface area contributed by atoms with Crippen molar-refractivity contribution in [2.75, 3.05) is 29.9 Å². The number of pyridine rings is 1. The predicted octanol–water partition coefficient (Wildman–Crippen LogP) is 5.73. The lowest BCUT2D eigenvalue weighted by atomic mass is 9.84. The summed E-state index contributed by atoms with van der Waals surface area (Å²) >= 11 is 0. The number of unbranched alkanes of at least 4 members (excludes halogenated alkanes) is 1. The van der Waals surface area contributed by atoms with E-state index in [1.807, 2.05) is 12.3 Å². The summed E-state index contributed by atoms with van der Waals surface area (Å²) in [5, 5.41) is 6.47. The van der Waals surface area contributed by atoms with E-state index < -0.39 is 5.54 Å². The first-order chi connectivity index (χ1) is 18.1. The molecule has 7 nitrogen and oxygen atoms in total. The van der Waals surface area contributed by atoms with Crippen LogP contribution in [0.3, 0.4) is 0 Å². The van der Waals surface area contributed by atoms with Crippen molar-refractivity contribution in [3.05, 3.63) is 54.0 Å². The maximum atomic E-state index is 14.2. The zero-order valence-electron chi connectivity index (χ0n) is 21.9. The average molecular weight is 507 g/mol. The number of piperidine rings is 1. The lowest BCUT2D eigenvalue weighted by Gasteiger charge is -2.43. The maximum Gasteiger partial charge on any atom is 0.328 e. The number of amidine groups is 1. The number of amides is 2. The molecule has 198 valence electrons. The topological polar surface area (TPSA) is 72.9 Å². The van der Waals surface area contributed by atoms with Crippen molar-refractivity contribution >= 4 is 23.4 Å². The lowest BCUT2D eigenvalue weighted by Crippen LogP contribution is -2.57. The van der Waals surface area contributed by atoms with E-state index >= 15 is 0 Å². The molecular weight excluding hydrogens is 467 g/mol. The van der Waals surface area contributed by atoms with Crippen LogP contribution in [0.1, 0.15) is 70.3 Å². The van der Waals surface area contributed by atoms with Crippen LogP contribution < -0.4 is 15.5 Å². The average Bonchev–Trinajstić information content (AvgIpc) is 3.17. The molecule has 3 aliphatic rings. The van der Waals surface area contributed by atoms with Crippen LogP contribution in [0.4, 0.5) is 20.7 Å². The van der Waals surface area contributed by atoms with E-state index in [1.54, 1.807) is 11.0 Å². The molecule has 0 unspecified atom stereocenters. The standard InChI is InChI=1S/C29H39FN6O/c1-2-3-16-31-26-13-12-22(20-32-26)21-35-17-14-29(15-18-35)27(33-24-9-5-4-6-10-24)34-28(37)36(29)25-11-7-8-23(30)19-25/h7-8,11-13,19-20,24H,2-6,9-10,14-18,21H2,1H3,(H,31,32)(H,33,34,37). The van der Waals surface area contributed by atoms with Crippen LogP contribution in [-0.4, -0.2) is 53.0 Å². The monoisotopic (exact) mass is 506 g/mol. The van der Waals surface area contributed by atoms with Crippen molar-refractivity contribution in [3.8, 4) is 0 Å². The molecule has 5 rings (SSSR count). The summed E-state index contributed by atoms with van der Waals surface area (Å²) < 4.78 is 14.2. The Hall–Kier alpha value is -3.00. The van der Waals surface area contributed by atoms with Crippen LogP contribution in [0.15, 0.2) is 47.6 Å². The molecule has 1 saturated carbocycles. The highest BCUT2D eigenvalue weighted by Gasteiger charge is 2.53. The molecule has 2 N–H and O–H groups in total. The highest BCUT2D eigenvalue weighted by molar-refractivity contribution is 6.19. The van der Waals surface area contributed by atoms with Crippen molar-refractivity contribution in [2.24, 2.45) is 4.99 Å². The number of halogens is 1. The fourth-order valence-electron chi connectivity index (χ4n) is 5.91.